The fourth-order valence-electron chi connectivity index (χ4n) is 1.57. The SMILES string of the molecule is CC(=O)NCCCCCC(=O)NCc1ccc(Br)s1. The summed E-state index contributed by atoms with van der Waals surface area (Å²) in [7, 11) is 0. The fourth-order valence-corrected chi connectivity index (χ4v) is 3.00. The van der Waals surface area contributed by atoms with Gasteiger partial charge in [0.05, 0.1) is 10.3 Å². The Balaban J connectivity index is 2.00. The van der Waals surface area contributed by atoms with Crippen molar-refractivity contribution in [3.05, 3.63) is 20.8 Å². The van der Waals surface area contributed by atoms with Gasteiger partial charge < -0.3 is 10.6 Å². The quantitative estimate of drug-likeness (QED) is 0.711. The van der Waals surface area contributed by atoms with Gasteiger partial charge in [0.15, 0.2) is 0 Å². The van der Waals surface area contributed by atoms with E-state index in [-0.39, 0.29) is 11.8 Å². The molecule has 0 unspecified atom stereocenters. The van der Waals surface area contributed by atoms with E-state index in [1.807, 2.05) is 12.1 Å². The molecule has 19 heavy (non-hydrogen) atoms. The van der Waals surface area contributed by atoms with Gasteiger partial charge in [-0.25, -0.2) is 0 Å². The van der Waals surface area contributed by atoms with E-state index in [0.29, 0.717) is 19.5 Å². The lowest BCUT2D eigenvalue weighted by molar-refractivity contribution is -0.121. The average molecular weight is 347 g/mol. The molecule has 0 saturated heterocycles. The molecule has 0 spiro atoms. The number of carbonyl (C=O) groups is 2. The van der Waals surface area contributed by atoms with Crippen LogP contribution in [0.5, 0.6) is 0 Å². The minimum absolute atomic E-state index is 0.000137. The topological polar surface area (TPSA) is 58.2 Å². The van der Waals surface area contributed by atoms with Gasteiger partial charge in [0.2, 0.25) is 11.8 Å². The Labute approximate surface area is 126 Å². The molecular weight excluding hydrogens is 328 g/mol. The lowest BCUT2D eigenvalue weighted by atomic mass is 10.2. The summed E-state index contributed by atoms with van der Waals surface area (Å²) in [5.41, 5.74) is 0. The van der Waals surface area contributed by atoms with Crippen molar-refractivity contribution >= 4 is 39.1 Å². The van der Waals surface area contributed by atoms with Gasteiger partial charge in [-0.3, -0.25) is 9.59 Å². The van der Waals surface area contributed by atoms with Crippen molar-refractivity contribution in [3.63, 3.8) is 0 Å². The zero-order valence-corrected chi connectivity index (χ0v) is 13.4. The van der Waals surface area contributed by atoms with Crippen molar-refractivity contribution in [2.45, 2.75) is 39.2 Å². The Morgan fingerprint density at radius 3 is 2.63 bits per heavy atom. The van der Waals surface area contributed by atoms with Crippen LogP contribution in [0.2, 0.25) is 0 Å². The number of unbranched alkanes of at least 4 members (excludes halogenated alkanes) is 2. The summed E-state index contributed by atoms with van der Waals surface area (Å²) in [6, 6.07) is 3.98. The zero-order valence-electron chi connectivity index (χ0n) is 11.0. The zero-order chi connectivity index (χ0) is 14.1. The van der Waals surface area contributed by atoms with Crippen LogP contribution in [0.25, 0.3) is 0 Å². The molecule has 0 aliphatic rings. The van der Waals surface area contributed by atoms with Crippen LogP contribution in [-0.2, 0) is 16.1 Å². The highest BCUT2D eigenvalue weighted by Crippen LogP contribution is 2.21. The third-order valence-corrected chi connectivity index (χ3v) is 4.17. The number of carbonyl (C=O) groups excluding carboxylic acids is 2. The molecule has 0 aliphatic heterocycles. The number of thiophene rings is 1. The van der Waals surface area contributed by atoms with Crippen LogP contribution in [0.4, 0.5) is 0 Å². The lowest BCUT2D eigenvalue weighted by Crippen LogP contribution is -2.22. The van der Waals surface area contributed by atoms with Gasteiger partial charge in [0.1, 0.15) is 0 Å². The Kier molecular flexibility index (Phi) is 7.74. The largest absolute Gasteiger partial charge is 0.356 e. The Hall–Kier alpha value is -0.880. The summed E-state index contributed by atoms with van der Waals surface area (Å²) in [6.45, 7) is 2.80. The van der Waals surface area contributed by atoms with E-state index >= 15 is 0 Å². The molecule has 0 aliphatic carbocycles. The molecule has 0 atom stereocenters. The Morgan fingerprint density at radius 1 is 1.21 bits per heavy atom. The molecule has 1 aromatic rings. The number of halogens is 1. The first kappa shape index (κ1) is 16.2. The number of hydrogen-bond acceptors (Lipinski definition) is 3. The molecule has 1 rings (SSSR count). The van der Waals surface area contributed by atoms with E-state index in [9.17, 15) is 9.59 Å². The van der Waals surface area contributed by atoms with Crippen molar-refractivity contribution in [2.24, 2.45) is 0 Å². The first-order valence-corrected chi connectivity index (χ1v) is 7.94. The third-order valence-electron chi connectivity index (χ3n) is 2.54. The molecule has 6 heteroatoms. The maximum atomic E-state index is 11.6. The standard InChI is InChI=1S/C13H19BrN2O2S/c1-10(17)15-8-4-2-3-5-13(18)16-9-11-6-7-12(14)19-11/h6-7H,2-5,8-9H2,1H3,(H,15,17)(H,16,18). The van der Waals surface area contributed by atoms with Crippen LogP contribution in [0.1, 0.15) is 37.5 Å². The van der Waals surface area contributed by atoms with E-state index in [4.69, 9.17) is 0 Å². The molecule has 2 amide bonds. The van der Waals surface area contributed by atoms with Gasteiger partial charge in [-0.2, -0.15) is 0 Å². The molecular formula is C13H19BrN2O2S. The van der Waals surface area contributed by atoms with Crippen LogP contribution >= 0.6 is 27.3 Å². The molecule has 0 bridgehead atoms. The summed E-state index contributed by atoms with van der Waals surface area (Å²) in [6.07, 6.45) is 3.29. The monoisotopic (exact) mass is 346 g/mol. The summed E-state index contributed by atoms with van der Waals surface area (Å²) >= 11 is 5.02. The van der Waals surface area contributed by atoms with E-state index in [1.54, 1.807) is 11.3 Å². The summed E-state index contributed by atoms with van der Waals surface area (Å²) in [4.78, 5) is 23.3. The van der Waals surface area contributed by atoms with Gasteiger partial charge in [-0.05, 0) is 40.9 Å². The van der Waals surface area contributed by atoms with Gasteiger partial charge in [0, 0.05) is 24.8 Å². The summed E-state index contributed by atoms with van der Waals surface area (Å²) < 4.78 is 1.08. The second-order valence-electron chi connectivity index (χ2n) is 4.28. The molecule has 0 radical (unpaired) electrons. The van der Waals surface area contributed by atoms with Crippen molar-refractivity contribution in [3.8, 4) is 0 Å². The van der Waals surface area contributed by atoms with Crippen LogP contribution in [-0.4, -0.2) is 18.4 Å². The van der Waals surface area contributed by atoms with E-state index < -0.39 is 0 Å². The smallest absolute Gasteiger partial charge is 0.220 e. The molecule has 2 N–H and O–H groups in total. The molecule has 1 heterocycles. The van der Waals surface area contributed by atoms with E-state index in [0.717, 1.165) is 27.9 Å². The van der Waals surface area contributed by atoms with Gasteiger partial charge in [-0.1, -0.05) is 6.42 Å². The van der Waals surface area contributed by atoms with Crippen LogP contribution in [0, 0.1) is 0 Å². The van der Waals surface area contributed by atoms with Crippen molar-refractivity contribution in [1.29, 1.82) is 0 Å². The predicted octanol–water partition coefficient (Wildman–Crippen LogP) is 2.82. The van der Waals surface area contributed by atoms with Crippen LogP contribution < -0.4 is 10.6 Å². The minimum atomic E-state index is -0.000137. The number of hydrogen-bond donors (Lipinski definition) is 2. The van der Waals surface area contributed by atoms with Crippen LogP contribution in [0.15, 0.2) is 15.9 Å². The molecule has 4 nitrogen and oxygen atoms in total. The average Bonchev–Trinajstić information content (AvgIpc) is 2.76. The normalized spacial score (nSPS) is 10.2. The second kappa shape index (κ2) is 9.09. The molecule has 106 valence electrons. The van der Waals surface area contributed by atoms with Gasteiger partial charge in [-0.15, -0.1) is 11.3 Å². The first-order valence-electron chi connectivity index (χ1n) is 6.33. The van der Waals surface area contributed by atoms with Crippen molar-refractivity contribution in [1.82, 2.24) is 10.6 Å². The second-order valence-corrected chi connectivity index (χ2v) is 6.82. The molecule has 0 saturated carbocycles. The summed E-state index contributed by atoms with van der Waals surface area (Å²) in [5.74, 6) is 0.0869. The lowest BCUT2D eigenvalue weighted by Gasteiger charge is -2.04. The summed E-state index contributed by atoms with van der Waals surface area (Å²) in [5, 5.41) is 5.64. The van der Waals surface area contributed by atoms with E-state index in [1.165, 1.54) is 6.92 Å². The highest BCUT2D eigenvalue weighted by molar-refractivity contribution is 9.11. The van der Waals surface area contributed by atoms with Crippen LogP contribution in [0.3, 0.4) is 0 Å². The van der Waals surface area contributed by atoms with Crippen molar-refractivity contribution < 1.29 is 9.59 Å². The van der Waals surface area contributed by atoms with Gasteiger partial charge >= 0.3 is 0 Å². The molecule has 0 aromatic carbocycles. The fraction of sp³-hybridized carbons (Fsp3) is 0.538. The molecule has 1 aromatic heterocycles. The highest BCUT2D eigenvalue weighted by atomic mass is 79.9. The Bertz CT molecular complexity index is 421. The highest BCUT2D eigenvalue weighted by Gasteiger charge is 2.03. The maximum Gasteiger partial charge on any atom is 0.220 e. The maximum absolute atomic E-state index is 11.6. The predicted molar refractivity (Wildman–Crippen MR) is 81.0 cm³/mol. The third kappa shape index (κ3) is 8.00. The Morgan fingerprint density at radius 2 is 2.00 bits per heavy atom. The van der Waals surface area contributed by atoms with Crippen molar-refractivity contribution in [2.75, 3.05) is 6.54 Å². The van der Waals surface area contributed by atoms with E-state index in [2.05, 4.69) is 26.6 Å². The van der Waals surface area contributed by atoms with Gasteiger partial charge in [0.25, 0.3) is 0 Å². The number of nitrogens with one attached hydrogen (secondary N) is 2. The number of rotatable bonds is 8. The minimum Gasteiger partial charge on any atom is -0.356 e. The molecule has 0 fully saturated rings. The first-order chi connectivity index (χ1) is 9.08. The number of amides is 2.